The fourth-order valence-electron chi connectivity index (χ4n) is 2.30. The van der Waals surface area contributed by atoms with Gasteiger partial charge in [0.2, 0.25) is 5.06 Å². The Labute approximate surface area is 163 Å². The van der Waals surface area contributed by atoms with E-state index in [1.54, 1.807) is 0 Å². The van der Waals surface area contributed by atoms with Crippen molar-refractivity contribution in [3.63, 3.8) is 0 Å². The maximum absolute atomic E-state index is 12.6. The first-order chi connectivity index (χ1) is 8.00. The molecule has 0 N–H and O–H groups in total. The van der Waals surface area contributed by atoms with Crippen molar-refractivity contribution in [3.8, 4) is 0 Å². The summed E-state index contributed by atoms with van der Waals surface area (Å²) in [5.74, 6) is 0. The lowest BCUT2D eigenvalue weighted by atomic mass is 9.92. The molecule has 0 heterocycles. The molecule has 2 aliphatic rings. The van der Waals surface area contributed by atoms with Crippen molar-refractivity contribution in [1.29, 1.82) is 0 Å². The lowest BCUT2D eigenvalue weighted by molar-refractivity contribution is 0.00130. The van der Waals surface area contributed by atoms with Gasteiger partial charge in [-0.15, -0.1) is 23.2 Å². The molecule has 1 radical (unpaired) electrons. The molecule has 0 spiro atoms. The van der Waals surface area contributed by atoms with E-state index in [9.17, 15) is 5.11 Å². The number of rotatable bonds is 0. The van der Waals surface area contributed by atoms with Crippen LogP contribution in [0.25, 0.3) is 0 Å². The summed E-state index contributed by atoms with van der Waals surface area (Å²) >= 11 is 66.2. The SMILES string of the molecule is [O]C1(Cl)C(Cl)(Cl)C2(Cl)C(Cl)(Cl)C(Cl)(Cl)C1(Cl)C2(Cl)Cl. The van der Waals surface area contributed by atoms with Gasteiger partial charge in [0.15, 0.2) is 27.1 Å². The summed E-state index contributed by atoms with van der Waals surface area (Å²) in [5.41, 5.74) is 0. The van der Waals surface area contributed by atoms with Crippen LogP contribution < -0.4 is 0 Å². The molecule has 2 bridgehead atoms. The highest BCUT2D eigenvalue weighted by Crippen LogP contribution is 2.88. The van der Waals surface area contributed by atoms with Crippen LogP contribution in [0.2, 0.25) is 0 Å². The lowest BCUT2D eigenvalue weighted by Crippen LogP contribution is -2.72. The molecule has 0 amide bonds. The third kappa shape index (κ3) is 1.37. The topological polar surface area (TPSA) is 19.9 Å². The third-order valence-electron chi connectivity index (χ3n) is 3.40. The molecular weight excluding hydrogens is 490 g/mol. The minimum Gasteiger partial charge on any atom is -0.206 e. The van der Waals surface area contributed by atoms with Crippen molar-refractivity contribution < 1.29 is 5.11 Å². The average molecular weight is 490 g/mol. The number of hydrogen-bond donors (Lipinski definition) is 0. The second-order valence-electron chi connectivity index (χ2n) is 4.21. The Morgan fingerprint density at radius 1 is 0.421 bits per heavy atom. The summed E-state index contributed by atoms with van der Waals surface area (Å²) in [5, 5.41) is 9.64. The smallest absolute Gasteiger partial charge is 0.206 e. The normalized spacial score (nSPS) is 52.4. The Morgan fingerprint density at radius 2 is 0.737 bits per heavy atom. The molecule has 0 saturated heterocycles. The van der Waals surface area contributed by atoms with Crippen LogP contribution >= 0.6 is 128 Å². The molecule has 0 aliphatic heterocycles. The molecule has 0 aromatic rings. The van der Waals surface area contributed by atoms with Gasteiger partial charge < -0.3 is 0 Å². The Morgan fingerprint density at radius 3 is 1.00 bits per heavy atom. The van der Waals surface area contributed by atoms with Crippen molar-refractivity contribution in [2.24, 2.45) is 0 Å². The zero-order chi connectivity index (χ0) is 15.5. The van der Waals surface area contributed by atoms with Crippen molar-refractivity contribution in [1.82, 2.24) is 0 Å². The highest BCUT2D eigenvalue weighted by molar-refractivity contribution is 6.79. The summed E-state index contributed by atoms with van der Waals surface area (Å²) in [7, 11) is 0. The predicted octanol–water partition coefficient (Wildman–Crippen LogP) is 6.03. The molecule has 2 rings (SSSR count). The Bertz CT molecular complexity index is 384. The van der Waals surface area contributed by atoms with Gasteiger partial charge >= 0.3 is 0 Å². The van der Waals surface area contributed by atoms with Gasteiger partial charge in [-0.2, -0.15) is 0 Å². The zero-order valence-electron chi connectivity index (χ0n) is 8.07. The van der Waals surface area contributed by atoms with E-state index in [0.717, 1.165) is 0 Å². The molecule has 12 heteroatoms. The number of halogens is 11. The minimum absolute atomic E-state index is 2.37. The fourth-order valence-corrected chi connectivity index (χ4v) is 8.57. The molecule has 111 valence electrons. The highest BCUT2D eigenvalue weighted by Gasteiger charge is 3.05. The second kappa shape index (κ2) is 4.21. The van der Waals surface area contributed by atoms with E-state index in [1.807, 2.05) is 0 Å². The van der Waals surface area contributed by atoms with Gasteiger partial charge in [0.05, 0.1) is 0 Å². The van der Waals surface area contributed by atoms with Crippen molar-refractivity contribution in [2.45, 2.75) is 32.1 Å². The number of fused-ring (bicyclic) bond motifs is 2. The van der Waals surface area contributed by atoms with Crippen molar-refractivity contribution >= 4 is 128 Å². The first kappa shape index (κ1) is 18.5. The number of hydrogen-bond acceptors (Lipinski definition) is 0. The molecule has 3 atom stereocenters. The molecule has 2 fully saturated rings. The summed E-state index contributed by atoms with van der Waals surface area (Å²) in [6.45, 7) is 0. The average Bonchev–Trinajstić information content (AvgIpc) is 2.32. The van der Waals surface area contributed by atoms with E-state index >= 15 is 0 Å². The first-order valence-corrected chi connectivity index (χ1v) is 8.44. The lowest BCUT2D eigenvalue weighted by Gasteiger charge is -2.52. The number of alkyl halides is 11. The van der Waals surface area contributed by atoms with E-state index in [-0.39, 0.29) is 0 Å². The van der Waals surface area contributed by atoms with Crippen LogP contribution in [0.1, 0.15) is 0 Å². The molecule has 3 unspecified atom stereocenters. The van der Waals surface area contributed by atoms with Crippen LogP contribution in [0.5, 0.6) is 0 Å². The molecular formula is C7Cl11O. The molecule has 1 nitrogen and oxygen atoms in total. The fraction of sp³-hybridized carbons (Fsp3) is 1.00. The monoisotopic (exact) mass is 485 g/mol. The summed E-state index contributed by atoms with van der Waals surface area (Å²) < 4.78 is -9.82. The largest absolute Gasteiger partial charge is 0.235 e. The van der Waals surface area contributed by atoms with Crippen LogP contribution in [-0.4, -0.2) is 32.1 Å². The van der Waals surface area contributed by atoms with Gasteiger partial charge in [-0.1, -0.05) is 104 Å². The highest BCUT2D eigenvalue weighted by atomic mass is 35.6. The van der Waals surface area contributed by atoms with Crippen LogP contribution in [0, 0.1) is 0 Å². The summed E-state index contributed by atoms with van der Waals surface area (Å²) in [6, 6.07) is 0. The van der Waals surface area contributed by atoms with Gasteiger partial charge in [0.1, 0.15) is 0 Å². The van der Waals surface area contributed by atoms with Crippen molar-refractivity contribution in [3.05, 3.63) is 0 Å². The van der Waals surface area contributed by atoms with E-state index in [1.165, 1.54) is 0 Å². The van der Waals surface area contributed by atoms with E-state index in [4.69, 9.17) is 128 Å². The van der Waals surface area contributed by atoms with E-state index in [0.29, 0.717) is 0 Å². The molecule has 0 aromatic carbocycles. The molecule has 19 heavy (non-hydrogen) atoms. The minimum atomic E-state index is -2.98. The van der Waals surface area contributed by atoms with Gasteiger partial charge in [0.25, 0.3) is 0 Å². The predicted molar refractivity (Wildman–Crippen MR) is 84.2 cm³/mol. The van der Waals surface area contributed by atoms with Gasteiger partial charge in [-0.05, 0) is 0 Å². The zero-order valence-corrected chi connectivity index (χ0v) is 16.4. The van der Waals surface area contributed by atoms with E-state index < -0.39 is 32.1 Å². The molecule has 2 aliphatic carbocycles. The van der Waals surface area contributed by atoms with Crippen LogP contribution in [-0.2, 0) is 5.11 Å². The summed E-state index contributed by atoms with van der Waals surface area (Å²) in [6.07, 6.45) is 0. The van der Waals surface area contributed by atoms with Gasteiger partial charge in [0, 0.05) is 0 Å². The third-order valence-corrected chi connectivity index (χ3v) is 11.8. The first-order valence-electron chi connectivity index (χ1n) is 4.28. The van der Waals surface area contributed by atoms with Crippen LogP contribution in [0.15, 0.2) is 0 Å². The Kier molecular flexibility index (Phi) is 4.10. The van der Waals surface area contributed by atoms with E-state index in [2.05, 4.69) is 0 Å². The maximum Gasteiger partial charge on any atom is 0.235 e. The second-order valence-corrected chi connectivity index (χ2v) is 11.2. The maximum atomic E-state index is 12.6. The van der Waals surface area contributed by atoms with Crippen LogP contribution in [0.3, 0.4) is 0 Å². The van der Waals surface area contributed by atoms with Crippen LogP contribution in [0.4, 0.5) is 0 Å². The Balaban J connectivity index is 2.99. The Hall–Kier alpha value is 3.15. The van der Waals surface area contributed by atoms with Crippen molar-refractivity contribution in [2.75, 3.05) is 0 Å². The van der Waals surface area contributed by atoms with Gasteiger partial charge in [-0.3, -0.25) is 0 Å². The van der Waals surface area contributed by atoms with Gasteiger partial charge in [-0.25, -0.2) is 5.11 Å². The standard InChI is InChI=1S/C7Cl11O/c8-1-3(10,11)2(9,5(14,15)4(1,12)13)7(18,19)6(1,16)17. The molecule has 0 aromatic heterocycles. The molecule has 2 saturated carbocycles. The summed E-state index contributed by atoms with van der Waals surface area (Å²) in [4.78, 5) is -5.04. The quantitative estimate of drug-likeness (QED) is 0.370.